The van der Waals surface area contributed by atoms with E-state index in [4.69, 9.17) is 4.74 Å². The molecule has 0 N–H and O–H groups in total. The highest BCUT2D eigenvalue weighted by Crippen LogP contribution is 2.29. The average Bonchev–Trinajstić information content (AvgIpc) is 2.89. The fourth-order valence-corrected chi connectivity index (χ4v) is 3.18. The van der Waals surface area contributed by atoms with Crippen molar-refractivity contribution >= 4 is 5.97 Å². The maximum absolute atomic E-state index is 12.2. The first-order chi connectivity index (χ1) is 10.2. The van der Waals surface area contributed by atoms with Gasteiger partial charge in [0, 0.05) is 13.1 Å². The molecule has 1 aliphatic rings. The van der Waals surface area contributed by atoms with Gasteiger partial charge in [-0.1, -0.05) is 50.1 Å². The van der Waals surface area contributed by atoms with Crippen LogP contribution in [0.3, 0.4) is 0 Å². The van der Waals surface area contributed by atoms with Crippen LogP contribution in [0.2, 0.25) is 0 Å². The number of esters is 1. The number of rotatable bonds is 7. The van der Waals surface area contributed by atoms with Crippen molar-refractivity contribution in [2.75, 3.05) is 13.2 Å². The molecule has 2 atom stereocenters. The van der Waals surface area contributed by atoms with Crippen molar-refractivity contribution in [2.24, 2.45) is 5.92 Å². The number of ether oxygens (including phenoxy) is 1. The van der Waals surface area contributed by atoms with Crippen LogP contribution in [0.4, 0.5) is 0 Å². The van der Waals surface area contributed by atoms with Crippen LogP contribution >= 0.6 is 0 Å². The molecule has 0 saturated carbocycles. The Morgan fingerprint density at radius 2 is 2.05 bits per heavy atom. The molecule has 2 rings (SSSR count). The van der Waals surface area contributed by atoms with E-state index in [2.05, 4.69) is 36.1 Å². The van der Waals surface area contributed by atoms with Gasteiger partial charge in [0.15, 0.2) is 0 Å². The third-order valence-corrected chi connectivity index (χ3v) is 4.24. The van der Waals surface area contributed by atoms with Gasteiger partial charge in [-0.2, -0.15) is 0 Å². The normalized spacial score (nSPS) is 22.4. The number of nitrogens with zero attached hydrogens (tertiary/aromatic N) is 1. The number of unbranched alkanes of at least 4 members (excludes halogenated alkanes) is 1. The van der Waals surface area contributed by atoms with Gasteiger partial charge in [-0.25, -0.2) is 0 Å². The summed E-state index contributed by atoms with van der Waals surface area (Å²) in [5, 5.41) is 0. The zero-order chi connectivity index (χ0) is 15.1. The standard InChI is InChI=1S/C18H27NO2/c1-3-5-9-16-12-17(18(20)21-4-2)19(14-16)13-15-10-7-6-8-11-15/h6-8,10-11,16-17H,3-5,9,12-14H2,1-2H3/t16-,17+/m0/s1. The first kappa shape index (κ1) is 16.0. The summed E-state index contributed by atoms with van der Waals surface area (Å²) < 4.78 is 5.27. The molecule has 0 unspecified atom stereocenters. The lowest BCUT2D eigenvalue weighted by molar-refractivity contribution is -0.148. The molecule has 1 saturated heterocycles. The Bertz CT molecular complexity index is 432. The highest BCUT2D eigenvalue weighted by Gasteiger charge is 2.37. The minimum atomic E-state index is -0.0630. The van der Waals surface area contributed by atoms with Gasteiger partial charge < -0.3 is 4.74 Å². The number of hydrogen-bond donors (Lipinski definition) is 0. The Kier molecular flexibility index (Phi) is 6.24. The van der Waals surface area contributed by atoms with Gasteiger partial charge in [0.25, 0.3) is 0 Å². The second-order valence-electron chi connectivity index (χ2n) is 5.93. The highest BCUT2D eigenvalue weighted by molar-refractivity contribution is 5.76. The Balaban J connectivity index is 2.01. The van der Waals surface area contributed by atoms with Crippen molar-refractivity contribution in [1.82, 2.24) is 4.90 Å². The van der Waals surface area contributed by atoms with Crippen LogP contribution in [0.1, 0.15) is 45.1 Å². The van der Waals surface area contributed by atoms with E-state index in [0.29, 0.717) is 12.5 Å². The summed E-state index contributed by atoms with van der Waals surface area (Å²) >= 11 is 0. The molecule has 0 aliphatic carbocycles. The number of benzene rings is 1. The van der Waals surface area contributed by atoms with Crippen LogP contribution in [0.15, 0.2) is 30.3 Å². The molecule has 3 heteroatoms. The first-order valence-electron chi connectivity index (χ1n) is 8.19. The number of carbonyl (C=O) groups excluding carboxylic acids is 1. The summed E-state index contributed by atoms with van der Waals surface area (Å²) in [6.07, 6.45) is 4.64. The van der Waals surface area contributed by atoms with Crippen molar-refractivity contribution in [3.05, 3.63) is 35.9 Å². The molecule has 0 radical (unpaired) electrons. The fraction of sp³-hybridized carbons (Fsp3) is 0.611. The SMILES string of the molecule is CCCC[C@H]1C[C@H](C(=O)OCC)N(Cc2ccccc2)C1. The average molecular weight is 289 g/mol. The summed E-state index contributed by atoms with van der Waals surface area (Å²) in [6, 6.07) is 10.3. The maximum Gasteiger partial charge on any atom is 0.323 e. The maximum atomic E-state index is 12.2. The molecule has 1 heterocycles. The van der Waals surface area contributed by atoms with E-state index in [1.807, 2.05) is 13.0 Å². The third-order valence-electron chi connectivity index (χ3n) is 4.24. The van der Waals surface area contributed by atoms with E-state index in [0.717, 1.165) is 19.5 Å². The number of likely N-dealkylation sites (tertiary alicyclic amines) is 1. The molecule has 0 bridgehead atoms. The molecule has 0 spiro atoms. The lowest BCUT2D eigenvalue weighted by Gasteiger charge is -2.22. The monoisotopic (exact) mass is 289 g/mol. The Morgan fingerprint density at radius 3 is 2.71 bits per heavy atom. The fourth-order valence-electron chi connectivity index (χ4n) is 3.18. The molecular weight excluding hydrogens is 262 g/mol. The van der Waals surface area contributed by atoms with Gasteiger partial charge in [0.1, 0.15) is 6.04 Å². The van der Waals surface area contributed by atoms with Crippen molar-refractivity contribution in [3.8, 4) is 0 Å². The van der Waals surface area contributed by atoms with Crippen molar-refractivity contribution in [3.63, 3.8) is 0 Å². The minimum Gasteiger partial charge on any atom is -0.465 e. The summed E-state index contributed by atoms with van der Waals surface area (Å²) in [5.41, 5.74) is 1.27. The van der Waals surface area contributed by atoms with Gasteiger partial charge in [-0.15, -0.1) is 0 Å². The van der Waals surface area contributed by atoms with Crippen molar-refractivity contribution in [2.45, 2.75) is 52.1 Å². The molecule has 0 amide bonds. The van der Waals surface area contributed by atoms with E-state index in [-0.39, 0.29) is 12.0 Å². The zero-order valence-electron chi connectivity index (χ0n) is 13.3. The predicted octanol–water partition coefficient (Wildman–Crippen LogP) is 3.63. The molecule has 21 heavy (non-hydrogen) atoms. The van der Waals surface area contributed by atoms with Gasteiger partial charge in [-0.3, -0.25) is 9.69 Å². The van der Waals surface area contributed by atoms with E-state index in [1.165, 1.54) is 24.8 Å². The lowest BCUT2D eigenvalue weighted by atomic mass is 9.99. The molecule has 1 aromatic carbocycles. The van der Waals surface area contributed by atoms with Crippen molar-refractivity contribution < 1.29 is 9.53 Å². The van der Waals surface area contributed by atoms with E-state index in [1.54, 1.807) is 0 Å². The lowest BCUT2D eigenvalue weighted by Crippen LogP contribution is -2.36. The Morgan fingerprint density at radius 1 is 1.29 bits per heavy atom. The highest BCUT2D eigenvalue weighted by atomic mass is 16.5. The Hall–Kier alpha value is -1.35. The third kappa shape index (κ3) is 4.57. The smallest absolute Gasteiger partial charge is 0.323 e. The van der Waals surface area contributed by atoms with E-state index in [9.17, 15) is 4.79 Å². The molecule has 1 aliphatic heterocycles. The van der Waals surface area contributed by atoms with Crippen LogP contribution in [-0.2, 0) is 16.1 Å². The molecule has 1 aromatic rings. The van der Waals surface area contributed by atoms with Gasteiger partial charge >= 0.3 is 5.97 Å². The van der Waals surface area contributed by atoms with Gasteiger partial charge in [0.05, 0.1) is 6.61 Å². The quantitative estimate of drug-likeness (QED) is 0.718. The van der Waals surface area contributed by atoms with Gasteiger partial charge in [-0.05, 0) is 31.2 Å². The molecule has 116 valence electrons. The molecule has 3 nitrogen and oxygen atoms in total. The van der Waals surface area contributed by atoms with E-state index < -0.39 is 0 Å². The minimum absolute atomic E-state index is 0.0487. The number of carbonyl (C=O) groups is 1. The summed E-state index contributed by atoms with van der Waals surface area (Å²) in [5.74, 6) is 0.579. The van der Waals surface area contributed by atoms with Gasteiger partial charge in [0.2, 0.25) is 0 Å². The summed E-state index contributed by atoms with van der Waals surface area (Å²) in [4.78, 5) is 14.5. The molecular formula is C18H27NO2. The van der Waals surface area contributed by atoms with Crippen LogP contribution < -0.4 is 0 Å². The number of hydrogen-bond acceptors (Lipinski definition) is 3. The van der Waals surface area contributed by atoms with Crippen LogP contribution in [0.5, 0.6) is 0 Å². The largest absolute Gasteiger partial charge is 0.465 e. The molecule has 0 aromatic heterocycles. The van der Waals surface area contributed by atoms with Crippen LogP contribution in [0, 0.1) is 5.92 Å². The second-order valence-corrected chi connectivity index (χ2v) is 5.93. The zero-order valence-corrected chi connectivity index (χ0v) is 13.3. The van der Waals surface area contributed by atoms with Crippen LogP contribution in [-0.4, -0.2) is 30.1 Å². The second kappa shape index (κ2) is 8.18. The topological polar surface area (TPSA) is 29.5 Å². The first-order valence-corrected chi connectivity index (χ1v) is 8.19. The van der Waals surface area contributed by atoms with E-state index >= 15 is 0 Å². The summed E-state index contributed by atoms with van der Waals surface area (Å²) in [6.45, 7) is 6.42. The molecule has 1 fully saturated rings. The predicted molar refractivity (Wildman–Crippen MR) is 84.9 cm³/mol. The van der Waals surface area contributed by atoms with Crippen molar-refractivity contribution in [1.29, 1.82) is 0 Å². The van der Waals surface area contributed by atoms with Crippen LogP contribution in [0.25, 0.3) is 0 Å². The Labute approximate surface area is 128 Å². The summed E-state index contributed by atoms with van der Waals surface area (Å²) in [7, 11) is 0.